The molecule has 1 aliphatic rings. The van der Waals surface area contributed by atoms with Gasteiger partial charge in [-0.15, -0.1) is 0 Å². The van der Waals surface area contributed by atoms with Crippen molar-refractivity contribution in [3.05, 3.63) is 0 Å². The molecular weight excluding hydrogens is 210 g/mol. The van der Waals surface area contributed by atoms with E-state index in [0.29, 0.717) is 11.5 Å². The highest BCUT2D eigenvalue weighted by Crippen LogP contribution is 2.39. The molecule has 0 amide bonds. The van der Waals surface area contributed by atoms with Crippen molar-refractivity contribution in [2.75, 3.05) is 6.54 Å². The first-order chi connectivity index (χ1) is 7.87. The van der Waals surface area contributed by atoms with Crippen molar-refractivity contribution in [3.63, 3.8) is 0 Å². The van der Waals surface area contributed by atoms with E-state index in [1.54, 1.807) is 0 Å². The topological polar surface area (TPSA) is 32.3 Å². The molecule has 1 aliphatic carbocycles. The van der Waals surface area contributed by atoms with Gasteiger partial charge < -0.3 is 10.4 Å². The molecular formula is C15H31NO. The molecule has 1 saturated carbocycles. The number of rotatable bonds is 6. The molecule has 0 bridgehead atoms. The highest BCUT2D eigenvalue weighted by atomic mass is 16.3. The first kappa shape index (κ1) is 15.0. The lowest BCUT2D eigenvalue weighted by atomic mass is 9.71. The van der Waals surface area contributed by atoms with E-state index in [1.807, 2.05) is 0 Å². The van der Waals surface area contributed by atoms with Gasteiger partial charge in [-0.3, -0.25) is 0 Å². The van der Waals surface area contributed by atoms with Gasteiger partial charge in [0.05, 0.1) is 5.60 Å². The lowest BCUT2D eigenvalue weighted by Gasteiger charge is -2.40. The summed E-state index contributed by atoms with van der Waals surface area (Å²) in [6, 6.07) is 0.536. The molecule has 17 heavy (non-hydrogen) atoms. The molecule has 1 rings (SSSR count). The van der Waals surface area contributed by atoms with Gasteiger partial charge >= 0.3 is 0 Å². The molecule has 0 aromatic rings. The summed E-state index contributed by atoms with van der Waals surface area (Å²) in [6.07, 6.45) is 7.95. The fraction of sp³-hybridized carbons (Fsp3) is 1.00. The predicted octanol–water partition coefficient (Wildman–Crippen LogP) is 3.49. The van der Waals surface area contributed by atoms with Gasteiger partial charge in [0.2, 0.25) is 0 Å². The van der Waals surface area contributed by atoms with Gasteiger partial charge in [0.1, 0.15) is 0 Å². The zero-order valence-electron chi connectivity index (χ0n) is 12.2. The molecule has 2 N–H and O–H groups in total. The molecule has 1 unspecified atom stereocenters. The summed E-state index contributed by atoms with van der Waals surface area (Å²) in [7, 11) is 0. The Morgan fingerprint density at radius 3 is 2.29 bits per heavy atom. The minimum Gasteiger partial charge on any atom is -0.389 e. The summed E-state index contributed by atoms with van der Waals surface area (Å²) < 4.78 is 0. The van der Waals surface area contributed by atoms with Crippen molar-refractivity contribution in [1.29, 1.82) is 0 Å². The molecule has 0 aromatic heterocycles. The zero-order valence-corrected chi connectivity index (χ0v) is 12.2. The van der Waals surface area contributed by atoms with E-state index in [4.69, 9.17) is 0 Å². The molecule has 1 fully saturated rings. The predicted molar refractivity (Wildman–Crippen MR) is 74.2 cm³/mol. The van der Waals surface area contributed by atoms with E-state index in [2.05, 4.69) is 33.0 Å². The van der Waals surface area contributed by atoms with Crippen LogP contribution in [0.2, 0.25) is 0 Å². The third-order valence-electron chi connectivity index (χ3n) is 4.30. The zero-order chi connectivity index (χ0) is 12.9. The molecule has 1 atom stereocenters. The molecule has 0 aromatic carbocycles. The maximum absolute atomic E-state index is 10.5. The third-order valence-corrected chi connectivity index (χ3v) is 4.30. The third kappa shape index (κ3) is 5.39. The monoisotopic (exact) mass is 241 g/mol. The number of hydrogen-bond acceptors (Lipinski definition) is 2. The lowest BCUT2D eigenvalue weighted by molar-refractivity contribution is -0.0259. The molecule has 0 spiro atoms. The van der Waals surface area contributed by atoms with E-state index in [1.165, 1.54) is 19.3 Å². The largest absolute Gasteiger partial charge is 0.389 e. The highest BCUT2D eigenvalue weighted by molar-refractivity contribution is 4.90. The number of aliphatic hydroxyl groups is 1. The molecule has 2 nitrogen and oxygen atoms in total. The minimum absolute atomic E-state index is 0.431. The quantitative estimate of drug-likeness (QED) is 0.746. The van der Waals surface area contributed by atoms with Gasteiger partial charge in [-0.2, -0.15) is 0 Å². The Morgan fingerprint density at radius 1 is 1.18 bits per heavy atom. The minimum atomic E-state index is -0.448. The van der Waals surface area contributed by atoms with Crippen LogP contribution in [-0.2, 0) is 0 Å². The Morgan fingerprint density at radius 2 is 1.76 bits per heavy atom. The van der Waals surface area contributed by atoms with Crippen LogP contribution in [0.1, 0.15) is 72.6 Å². The fourth-order valence-electron chi connectivity index (χ4n) is 2.55. The van der Waals surface area contributed by atoms with Gasteiger partial charge in [-0.05, 0) is 44.4 Å². The number of nitrogens with one attached hydrogen (secondary N) is 1. The van der Waals surface area contributed by atoms with Crippen LogP contribution < -0.4 is 5.32 Å². The lowest BCUT2D eigenvalue weighted by Crippen LogP contribution is -2.47. The summed E-state index contributed by atoms with van der Waals surface area (Å²) in [5.41, 5.74) is -0.0178. The Labute approximate surface area is 107 Å². The molecule has 0 saturated heterocycles. The van der Waals surface area contributed by atoms with Gasteiger partial charge in [0.25, 0.3) is 0 Å². The summed E-state index contributed by atoms with van der Waals surface area (Å²) >= 11 is 0. The summed E-state index contributed by atoms with van der Waals surface area (Å²) in [4.78, 5) is 0. The van der Waals surface area contributed by atoms with E-state index in [9.17, 15) is 5.11 Å². The molecule has 102 valence electrons. The average molecular weight is 241 g/mol. The summed E-state index contributed by atoms with van der Waals surface area (Å²) in [6.45, 7) is 9.84. The smallest absolute Gasteiger partial charge is 0.0772 e. The Balaban J connectivity index is 2.26. The second kappa shape index (κ2) is 6.19. The van der Waals surface area contributed by atoms with Gasteiger partial charge in [0, 0.05) is 12.6 Å². The number of unbranched alkanes of at least 4 members (excludes halogenated alkanes) is 1. The van der Waals surface area contributed by atoms with Crippen LogP contribution in [0.5, 0.6) is 0 Å². The van der Waals surface area contributed by atoms with E-state index in [0.717, 1.165) is 32.2 Å². The van der Waals surface area contributed by atoms with Crippen molar-refractivity contribution in [2.24, 2.45) is 5.41 Å². The standard InChI is InChI=1S/C15H31NO/c1-5-6-7-13(2)16-12-15(17)10-8-14(3,4)9-11-15/h13,16-17H,5-12H2,1-4H3. The van der Waals surface area contributed by atoms with Crippen LogP contribution in [0.25, 0.3) is 0 Å². The van der Waals surface area contributed by atoms with Crippen LogP contribution in [0, 0.1) is 5.41 Å². The normalized spacial score (nSPS) is 24.5. The fourth-order valence-corrected chi connectivity index (χ4v) is 2.55. The second-order valence-electron chi connectivity index (χ2n) is 6.81. The van der Waals surface area contributed by atoms with Crippen molar-refractivity contribution in [3.8, 4) is 0 Å². The Kier molecular flexibility index (Phi) is 5.46. The van der Waals surface area contributed by atoms with Gasteiger partial charge in [-0.25, -0.2) is 0 Å². The summed E-state index contributed by atoms with van der Waals surface area (Å²) in [5.74, 6) is 0. The summed E-state index contributed by atoms with van der Waals surface area (Å²) in [5, 5.41) is 14.0. The van der Waals surface area contributed by atoms with Crippen LogP contribution in [-0.4, -0.2) is 23.3 Å². The first-order valence-corrected chi connectivity index (χ1v) is 7.33. The SMILES string of the molecule is CCCCC(C)NCC1(O)CCC(C)(C)CC1. The van der Waals surface area contributed by atoms with Crippen LogP contribution in [0.3, 0.4) is 0 Å². The van der Waals surface area contributed by atoms with Crippen molar-refractivity contribution < 1.29 is 5.11 Å². The van der Waals surface area contributed by atoms with E-state index in [-0.39, 0.29) is 0 Å². The molecule has 0 heterocycles. The van der Waals surface area contributed by atoms with E-state index < -0.39 is 5.60 Å². The molecule has 0 aliphatic heterocycles. The van der Waals surface area contributed by atoms with Crippen molar-refractivity contribution >= 4 is 0 Å². The maximum atomic E-state index is 10.5. The Bertz CT molecular complexity index is 215. The second-order valence-corrected chi connectivity index (χ2v) is 6.81. The molecule has 0 radical (unpaired) electrons. The van der Waals surface area contributed by atoms with Crippen LogP contribution in [0.15, 0.2) is 0 Å². The van der Waals surface area contributed by atoms with Crippen LogP contribution in [0.4, 0.5) is 0 Å². The average Bonchev–Trinajstić information content (AvgIpc) is 2.29. The first-order valence-electron chi connectivity index (χ1n) is 7.33. The highest BCUT2D eigenvalue weighted by Gasteiger charge is 2.36. The Hall–Kier alpha value is -0.0800. The van der Waals surface area contributed by atoms with E-state index >= 15 is 0 Å². The van der Waals surface area contributed by atoms with Crippen molar-refractivity contribution in [2.45, 2.75) is 84.3 Å². The van der Waals surface area contributed by atoms with Gasteiger partial charge in [-0.1, -0.05) is 33.6 Å². The van der Waals surface area contributed by atoms with Crippen molar-refractivity contribution in [1.82, 2.24) is 5.32 Å². The number of hydrogen-bond donors (Lipinski definition) is 2. The van der Waals surface area contributed by atoms with Gasteiger partial charge in [0.15, 0.2) is 0 Å². The van der Waals surface area contributed by atoms with Crippen LogP contribution >= 0.6 is 0 Å². The molecule has 2 heteroatoms. The maximum Gasteiger partial charge on any atom is 0.0772 e.